The van der Waals surface area contributed by atoms with E-state index in [1.165, 1.54) is 0 Å². The second-order valence-corrected chi connectivity index (χ2v) is 8.12. The van der Waals surface area contributed by atoms with Gasteiger partial charge >= 0.3 is 5.97 Å². The van der Waals surface area contributed by atoms with Gasteiger partial charge in [0.15, 0.2) is 5.60 Å². The van der Waals surface area contributed by atoms with E-state index in [9.17, 15) is 15.0 Å². The molecule has 30 heavy (non-hydrogen) atoms. The molecule has 1 unspecified atom stereocenters. The number of hydrogen-bond donors (Lipinski definition) is 2. The molecule has 0 bridgehead atoms. The van der Waals surface area contributed by atoms with E-state index in [4.69, 9.17) is 4.74 Å². The second-order valence-electron chi connectivity index (χ2n) is 8.12. The number of hydrogen-bond acceptors (Lipinski definition) is 4. The highest BCUT2D eigenvalue weighted by Crippen LogP contribution is 2.50. The lowest BCUT2D eigenvalue weighted by atomic mass is 9.75. The third-order valence-corrected chi connectivity index (χ3v) is 6.02. The minimum absolute atomic E-state index is 0.207. The molecule has 0 aliphatic carbocycles. The Labute approximate surface area is 176 Å². The van der Waals surface area contributed by atoms with E-state index in [1.54, 1.807) is 18.2 Å². The second kappa shape index (κ2) is 7.21. The van der Waals surface area contributed by atoms with Gasteiger partial charge in [0.25, 0.3) is 0 Å². The molecule has 3 aromatic rings. The molecular weight excluding hydrogens is 376 g/mol. The third-order valence-electron chi connectivity index (χ3n) is 6.02. The van der Waals surface area contributed by atoms with E-state index in [0.29, 0.717) is 11.1 Å². The summed E-state index contributed by atoms with van der Waals surface area (Å²) in [6.07, 6.45) is 1.61. The monoisotopic (exact) mass is 402 g/mol. The van der Waals surface area contributed by atoms with Crippen LogP contribution in [0.4, 0.5) is 0 Å². The summed E-state index contributed by atoms with van der Waals surface area (Å²) in [7, 11) is 0. The molecule has 0 aromatic heterocycles. The molecule has 1 aliphatic rings. The molecule has 2 N–H and O–H groups in total. The van der Waals surface area contributed by atoms with Crippen molar-refractivity contribution in [2.75, 3.05) is 0 Å². The molecular formula is C26H26O4. The fourth-order valence-corrected chi connectivity index (χ4v) is 4.53. The molecule has 0 spiro atoms. The average molecular weight is 402 g/mol. The third kappa shape index (κ3) is 2.86. The summed E-state index contributed by atoms with van der Waals surface area (Å²) in [4.78, 5) is 13.0. The van der Waals surface area contributed by atoms with Gasteiger partial charge in [-0.25, -0.2) is 4.79 Å². The van der Waals surface area contributed by atoms with E-state index in [0.717, 1.165) is 46.2 Å². The summed E-state index contributed by atoms with van der Waals surface area (Å²) in [5, 5.41) is 20.7. The van der Waals surface area contributed by atoms with Crippen LogP contribution in [0, 0.1) is 20.8 Å². The quantitative estimate of drug-likeness (QED) is 0.571. The molecule has 154 valence electrons. The van der Waals surface area contributed by atoms with Gasteiger partial charge in [-0.05, 0) is 79.8 Å². The summed E-state index contributed by atoms with van der Waals surface area (Å²) >= 11 is 0. The van der Waals surface area contributed by atoms with E-state index in [2.05, 4.69) is 6.92 Å². The van der Waals surface area contributed by atoms with Crippen LogP contribution in [0.15, 0.2) is 48.5 Å². The first kappa shape index (κ1) is 20.0. The number of rotatable bonds is 4. The molecule has 0 amide bonds. The first-order valence-electron chi connectivity index (χ1n) is 10.3. The van der Waals surface area contributed by atoms with Gasteiger partial charge in [-0.2, -0.15) is 0 Å². The number of carbonyl (C=O) groups is 1. The molecule has 0 fully saturated rings. The maximum absolute atomic E-state index is 13.0. The van der Waals surface area contributed by atoms with Gasteiger partial charge in [0.2, 0.25) is 0 Å². The zero-order valence-electron chi connectivity index (χ0n) is 17.7. The molecule has 4 rings (SSSR count). The molecule has 1 heterocycles. The summed E-state index contributed by atoms with van der Waals surface area (Å²) in [5.41, 5.74) is 5.01. The van der Waals surface area contributed by atoms with Crippen LogP contribution >= 0.6 is 0 Å². The van der Waals surface area contributed by atoms with Crippen molar-refractivity contribution in [3.05, 3.63) is 93.0 Å². The van der Waals surface area contributed by atoms with Gasteiger partial charge in [0.05, 0.1) is 5.56 Å². The van der Waals surface area contributed by atoms with Gasteiger partial charge < -0.3 is 14.9 Å². The number of esters is 1. The van der Waals surface area contributed by atoms with Crippen LogP contribution < -0.4 is 0 Å². The maximum atomic E-state index is 13.0. The predicted octanol–water partition coefficient (Wildman–Crippen LogP) is 5.44. The van der Waals surface area contributed by atoms with Crippen molar-refractivity contribution >= 4 is 5.97 Å². The Balaban J connectivity index is 2.12. The van der Waals surface area contributed by atoms with E-state index >= 15 is 0 Å². The van der Waals surface area contributed by atoms with Crippen LogP contribution in [0.2, 0.25) is 0 Å². The van der Waals surface area contributed by atoms with E-state index in [-0.39, 0.29) is 17.5 Å². The van der Waals surface area contributed by atoms with Crippen LogP contribution in [0.5, 0.6) is 11.5 Å². The van der Waals surface area contributed by atoms with Crippen LogP contribution in [0.25, 0.3) is 0 Å². The van der Waals surface area contributed by atoms with Crippen molar-refractivity contribution in [1.29, 1.82) is 0 Å². The number of benzene rings is 3. The van der Waals surface area contributed by atoms with Crippen LogP contribution in [0.3, 0.4) is 0 Å². The number of aromatic hydroxyl groups is 2. The van der Waals surface area contributed by atoms with Gasteiger partial charge in [0.1, 0.15) is 11.5 Å². The van der Waals surface area contributed by atoms with Crippen molar-refractivity contribution in [2.45, 2.75) is 46.1 Å². The number of cyclic esters (lactones) is 1. The fraction of sp³-hybridized carbons (Fsp3) is 0.269. The Morgan fingerprint density at radius 3 is 2.17 bits per heavy atom. The number of aryl methyl sites for hydroxylation is 4. The smallest absolute Gasteiger partial charge is 0.340 e. The molecule has 1 aliphatic heterocycles. The fourth-order valence-electron chi connectivity index (χ4n) is 4.53. The number of ether oxygens (including phenoxy) is 1. The van der Waals surface area contributed by atoms with E-state index in [1.807, 2.05) is 51.1 Å². The number of phenolic OH excluding ortho intramolecular Hbond substituents is 2. The van der Waals surface area contributed by atoms with E-state index < -0.39 is 5.60 Å². The molecule has 0 saturated carbocycles. The van der Waals surface area contributed by atoms with Crippen LogP contribution in [-0.2, 0) is 16.8 Å². The summed E-state index contributed by atoms with van der Waals surface area (Å²) in [5.74, 6) is 0.0859. The van der Waals surface area contributed by atoms with Crippen molar-refractivity contribution in [3.63, 3.8) is 0 Å². The van der Waals surface area contributed by atoms with Crippen molar-refractivity contribution in [3.8, 4) is 11.5 Å². The SMILES string of the molecule is CCCc1cc(C2(c3cc(C)c(O)cc3C)OC(=O)c3ccccc32)c(C)cc1O. The van der Waals surface area contributed by atoms with Crippen molar-refractivity contribution < 1.29 is 19.7 Å². The highest BCUT2D eigenvalue weighted by atomic mass is 16.6. The normalized spacial score (nSPS) is 17.7. The van der Waals surface area contributed by atoms with Gasteiger partial charge in [-0.1, -0.05) is 31.5 Å². The highest BCUT2D eigenvalue weighted by molar-refractivity contribution is 5.96. The first-order chi connectivity index (χ1) is 14.3. The maximum Gasteiger partial charge on any atom is 0.340 e. The lowest BCUT2D eigenvalue weighted by molar-refractivity contribution is 0.0248. The van der Waals surface area contributed by atoms with Gasteiger partial charge in [-0.3, -0.25) is 0 Å². The largest absolute Gasteiger partial charge is 0.508 e. The topological polar surface area (TPSA) is 66.8 Å². The first-order valence-corrected chi connectivity index (χ1v) is 10.3. The predicted molar refractivity (Wildman–Crippen MR) is 116 cm³/mol. The Hall–Kier alpha value is -3.27. The Kier molecular flexibility index (Phi) is 4.81. The summed E-state index contributed by atoms with van der Waals surface area (Å²) in [6.45, 7) is 7.73. The Morgan fingerprint density at radius 2 is 1.47 bits per heavy atom. The molecule has 0 radical (unpaired) electrons. The molecule has 1 atom stereocenters. The summed E-state index contributed by atoms with van der Waals surface area (Å²) < 4.78 is 6.22. The standard InChI is InChI=1S/C26H26O4/c1-5-8-18-14-22(16(3)13-24(18)28)26(21-11-17(4)23(27)12-15(21)2)20-10-7-6-9-19(20)25(29)30-26/h6-7,9-14,27-28H,5,8H2,1-4H3. The summed E-state index contributed by atoms with van der Waals surface area (Å²) in [6, 6.07) is 14.8. The van der Waals surface area contributed by atoms with Gasteiger partial charge in [0, 0.05) is 16.7 Å². The number of carbonyl (C=O) groups excluding carboxylic acids is 1. The van der Waals surface area contributed by atoms with Crippen LogP contribution in [0.1, 0.15) is 62.6 Å². The Morgan fingerprint density at radius 1 is 0.833 bits per heavy atom. The number of phenols is 2. The minimum atomic E-state index is -1.14. The van der Waals surface area contributed by atoms with Crippen molar-refractivity contribution in [1.82, 2.24) is 0 Å². The lowest BCUT2D eigenvalue weighted by Crippen LogP contribution is -2.31. The zero-order chi connectivity index (χ0) is 21.6. The van der Waals surface area contributed by atoms with Crippen molar-refractivity contribution in [2.24, 2.45) is 0 Å². The van der Waals surface area contributed by atoms with Crippen LogP contribution in [-0.4, -0.2) is 16.2 Å². The minimum Gasteiger partial charge on any atom is -0.508 e. The lowest BCUT2D eigenvalue weighted by Gasteiger charge is -2.34. The highest BCUT2D eigenvalue weighted by Gasteiger charge is 2.50. The average Bonchev–Trinajstić information content (AvgIpc) is 3.00. The Bertz CT molecular complexity index is 1160. The molecule has 3 aromatic carbocycles. The number of fused-ring (bicyclic) bond motifs is 1. The molecule has 4 nitrogen and oxygen atoms in total. The van der Waals surface area contributed by atoms with Gasteiger partial charge in [-0.15, -0.1) is 0 Å². The molecule has 0 saturated heterocycles. The molecule has 4 heteroatoms. The zero-order valence-corrected chi connectivity index (χ0v) is 17.7.